The van der Waals surface area contributed by atoms with Crippen LogP contribution >= 0.6 is 45.2 Å². The molecule has 0 unspecified atom stereocenters. The number of carbonyl (C=O) groups excluding carboxylic acids is 2. The number of hydrogen-bond donors (Lipinski definition) is 2. The molecule has 0 fully saturated rings. The number of hydrogen-bond acceptors (Lipinski definition) is 4. The van der Waals surface area contributed by atoms with Crippen molar-refractivity contribution < 1.29 is 27.2 Å². The summed E-state index contributed by atoms with van der Waals surface area (Å²) in [4.78, 5) is 23.8. The Hall–Kier alpha value is -3.78. The molecule has 214 valence electrons. The van der Waals surface area contributed by atoms with Gasteiger partial charge >= 0.3 is 0 Å². The number of nitrogens with two attached hydrogens (primary N) is 2. The quantitative estimate of drug-likeness (QED) is 0.0478. The summed E-state index contributed by atoms with van der Waals surface area (Å²) >= 11 is 2.41. The summed E-state index contributed by atoms with van der Waals surface area (Å²) in [5.41, 5.74) is 15.2. The van der Waals surface area contributed by atoms with Crippen LogP contribution in [0.3, 0.4) is 0 Å². The highest BCUT2D eigenvalue weighted by Gasteiger charge is 2.21. The van der Waals surface area contributed by atoms with E-state index in [9.17, 15) is 27.2 Å². The third-order valence-corrected chi connectivity index (χ3v) is 7.47. The Balaban J connectivity index is 0.000000174. The lowest BCUT2D eigenvalue weighted by molar-refractivity contribution is 0.103. The number of ketones is 2. The summed E-state index contributed by atoms with van der Waals surface area (Å²) in [6.45, 7) is 0. The van der Waals surface area contributed by atoms with E-state index in [1.54, 1.807) is 72.8 Å². The summed E-state index contributed by atoms with van der Waals surface area (Å²) < 4.78 is 49.2. The van der Waals surface area contributed by atoms with Gasteiger partial charge in [0.1, 0.15) is 0 Å². The summed E-state index contributed by atoms with van der Waals surface area (Å²) in [6.07, 6.45) is 0. The van der Waals surface area contributed by atoms with Crippen LogP contribution in [0, 0.1) is 30.4 Å². The fraction of sp³-hybridized carbons (Fsp3) is 0. The Morgan fingerprint density at radius 2 is 0.667 bits per heavy atom. The van der Waals surface area contributed by atoms with Crippen molar-refractivity contribution in [3.63, 3.8) is 0 Å². The molecular weight excluding hydrogens is 774 g/mol. The van der Waals surface area contributed by atoms with Gasteiger partial charge in [0.2, 0.25) is 0 Å². The molecule has 0 radical (unpaired) electrons. The Bertz CT molecular complexity index is 1470. The second-order valence-corrected chi connectivity index (χ2v) is 10.7. The standard InChI is InChI=1S/2C13H11NO.C6F4I2/c2*14-12-8-6-11(7-9-12)13(15)10-4-2-1-3-5-10;7-1-2(8)6(12)4(10)3(9)5(1)11/h2*1-9H,14H2;. The molecule has 0 amide bonds. The van der Waals surface area contributed by atoms with Crippen LogP contribution in [0.25, 0.3) is 0 Å². The van der Waals surface area contributed by atoms with E-state index >= 15 is 0 Å². The summed E-state index contributed by atoms with van der Waals surface area (Å²) in [5, 5.41) is 0. The molecule has 0 bridgehead atoms. The van der Waals surface area contributed by atoms with Crippen molar-refractivity contribution in [3.8, 4) is 0 Å². The molecule has 0 aromatic heterocycles. The maximum Gasteiger partial charge on any atom is 0.193 e. The van der Waals surface area contributed by atoms with Crippen LogP contribution in [0.15, 0.2) is 109 Å². The zero-order chi connectivity index (χ0) is 30.8. The van der Waals surface area contributed by atoms with Gasteiger partial charge in [-0.05, 0) is 93.7 Å². The second kappa shape index (κ2) is 15.4. The lowest BCUT2D eigenvalue weighted by Gasteiger charge is -2.02. The maximum atomic E-state index is 12.6. The van der Waals surface area contributed by atoms with Crippen molar-refractivity contribution >= 4 is 68.1 Å². The predicted molar refractivity (Wildman–Crippen MR) is 173 cm³/mol. The fourth-order valence-corrected chi connectivity index (χ4v) is 4.31. The topological polar surface area (TPSA) is 86.2 Å². The largest absolute Gasteiger partial charge is 0.399 e. The average molecular weight is 796 g/mol. The Morgan fingerprint density at radius 1 is 0.429 bits per heavy atom. The number of benzene rings is 5. The number of rotatable bonds is 4. The molecule has 0 aliphatic heterocycles. The predicted octanol–water partition coefficient (Wildman–Crippen LogP) is 8.45. The minimum Gasteiger partial charge on any atom is -0.399 e. The first-order chi connectivity index (χ1) is 20.0. The molecule has 0 atom stereocenters. The van der Waals surface area contributed by atoms with Gasteiger partial charge in [0, 0.05) is 33.6 Å². The summed E-state index contributed by atoms with van der Waals surface area (Å²) in [6, 6.07) is 32.3. The smallest absolute Gasteiger partial charge is 0.193 e. The normalized spacial score (nSPS) is 10.0. The minimum absolute atomic E-state index is 0.0237. The van der Waals surface area contributed by atoms with Crippen molar-refractivity contribution in [2.45, 2.75) is 0 Å². The second-order valence-electron chi connectivity index (χ2n) is 8.52. The number of anilines is 2. The van der Waals surface area contributed by atoms with E-state index in [2.05, 4.69) is 0 Å². The van der Waals surface area contributed by atoms with Crippen LogP contribution in [0.5, 0.6) is 0 Å². The number of carbonyl (C=O) groups is 2. The van der Waals surface area contributed by atoms with Gasteiger partial charge in [0.15, 0.2) is 34.8 Å². The number of halogens is 6. The lowest BCUT2D eigenvalue weighted by atomic mass is 10.0. The lowest BCUT2D eigenvalue weighted by Crippen LogP contribution is -2.02. The van der Waals surface area contributed by atoms with Gasteiger partial charge in [0.05, 0.1) is 7.14 Å². The molecule has 0 heterocycles. The first-order valence-corrected chi connectivity index (χ1v) is 14.2. The average Bonchev–Trinajstić information content (AvgIpc) is 3.03. The maximum absolute atomic E-state index is 12.6. The van der Waals surface area contributed by atoms with Crippen LogP contribution in [0.4, 0.5) is 28.9 Å². The van der Waals surface area contributed by atoms with E-state index in [4.69, 9.17) is 11.5 Å². The van der Waals surface area contributed by atoms with E-state index in [-0.39, 0.29) is 11.6 Å². The molecule has 4 nitrogen and oxygen atoms in total. The molecule has 0 spiro atoms. The Morgan fingerprint density at radius 3 is 0.929 bits per heavy atom. The van der Waals surface area contributed by atoms with E-state index in [1.165, 1.54) is 45.2 Å². The molecule has 42 heavy (non-hydrogen) atoms. The zero-order valence-electron chi connectivity index (χ0n) is 21.6. The molecule has 4 N–H and O–H groups in total. The highest BCUT2D eigenvalue weighted by atomic mass is 127. The number of nitrogen functional groups attached to an aromatic ring is 2. The van der Waals surface area contributed by atoms with Gasteiger partial charge in [0.25, 0.3) is 0 Å². The molecule has 5 rings (SSSR count). The van der Waals surface area contributed by atoms with E-state index in [0.29, 0.717) is 33.6 Å². The molecule has 0 saturated carbocycles. The van der Waals surface area contributed by atoms with Crippen LogP contribution in [-0.4, -0.2) is 11.6 Å². The monoisotopic (exact) mass is 796 g/mol. The third-order valence-electron chi connectivity index (χ3n) is 5.57. The van der Waals surface area contributed by atoms with Crippen LogP contribution < -0.4 is 11.5 Å². The summed E-state index contributed by atoms with van der Waals surface area (Å²) in [5.74, 6) is -5.35. The fourth-order valence-electron chi connectivity index (χ4n) is 3.36. The van der Waals surface area contributed by atoms with Crippen molar-refractivity contribution in [1.82, 2.24) is 0 Å². The van der Waals surface area contributed by atoms with E-state index in [1.807, 2.05) is 36.4 Å². The molecule has 5 aromatic carbocycles. The molecule has 5 aromatic rings. The SMILES string of the molecule is Fc1c(F)c(I)c(F)c(F)c1I.Nc1ccc(C(=O)c2ccccc2)cc1.Nc1ccc(C(=O)c2ccccc2)cc1. The molecule has 0 aliphatic carbocycles. The van der Waals surface area contributed by atoms with Gasteiger partial charge < -0.3 is 11.5 Å². The highest BCUT2D eigenvalue weighted by Crippen LogP contribution is 2.26. The molecule has 10 heteroatoms. The van der Waals surface area contributed by atoms with E-state index < -0.39 is 30.4 Å². The van der Waals surface area contributed by atoms with Gasteiger partial charge in [-0.3, -0.25) is 9.59 Å². The van der Waals surface area contributed by atoms with Crippen molar-refractivity contribution in [3.05, 3.63) is 162 Å². The van der Waals surface area contributed by atoms with Crippen molar-refractivity contribution in [2.24, 2.45) is 0 Å². The van der Waals surface area contributed by atoms with Crippen LogP contribution in [0.1, 0.15) is 31.8 Å². The van der Waals surface area contributed by atoms with Crippen molar-refractivity contribution in [2.75, 3.05) is 11.5 Å². The van der Waals surface area contributed by atoms with Gasteiger partial charge in [-0.15, -0.1) is 0 Å². The highest BCUT2D eigenvalue weighted by molar-refractivity contribution is 14.1. The summed E-state index contributed by atoms with van der Waals surface area (Å²) in [7, 11) is 0. The molecular formula is C32H22F4I2N2O2. The van der Waals surface area contributed by atoms with Gasteiger partial charge in [-0.25, -0.2) is 17.6 Å². The molecule has 0 saturated heterocycles. The Labute approximate surface area is 267 Å². The van der Waals surface area contributed by atoms with E-state index in [0.717, 1.165) is 0 Å². The first-order valence-electron chi connectivity index (χ1n) is 12.1. The Kier molecular flexibility index (Phi) is 12.0. The zero-order valence-corrected chi connectivity index (χ0v) is 25.9. The first kappa shape index (κ1) is 32.7. The minimum atomic E-state index is -1.35. The van der Waals surface area contributed by atoms with Gasteiger partial charge in [-0.2, -0.15) is 0 Å². The third kappa shape index (κ3) is 8.61. The van der Waals surface area contributed by atoms with Crippen LogP contribution in [0.2, 0.25) is 0 Å². The molecule has 0 aliphatic rings. The van der Waals surface area contributed by atoms with Crippen molar-refractivity contribution in [1.29, 1.82) is 0 Å². The van der Waals surface area contributed by atoms with Crippen LogP contribution in [-0.2, 0) is 0 Å². The van der Waals surface area contributed by atoms with Gasteiger partial charge in [-0.1, -0.05) is 60.7 Å².